The summed E-state index contributed by atoms with van der Waals surface area (Å²) in [7, 11) is 0. The monoisotopic (exact) mass is 154 g/mol. The highest BCUT2D eigenvalue weighted by molar-refractivity contribution is 5.63. The van der Waals surface area contributed by atoms with E-state index in [4.69, 9.17) is 0 Å². The Hall–Kier alpha value is -0.530. The predicted molar refractivity (Wildman–Crippen MR) is 48.7 cm³/mol. The zero-order valence-corrected chi connectivity index (χ0v) is 7.72. The van der Waals surface area contributed by atoms with Gasteiger partial charge in [0.1, 0.15) is 0 Å². The molecule has 0 amide bonds. The van der Waals surface area contributed by atoms with Gasteiger partial charge in [-0.1, -0.05) is 20.8 Å². The molecule has 0 aromatic rings. The van der Waals surface area contributed by atoms with Crippen molar-refractivity contribution in [1.82, 2.24) is 5.43 Å². The van der Waals surface area contributed by atoms with Gasteiger partial charge in [0.15, 0.2) is 0 Å². The van der Waals surface area contributed by atoms with E-state index in [1.165, 1.54) is 12.8 Å². The molecular formula is C9H18N2. The molecule has 0 radical (unpaired) electrons. The van der Waals surface area contributed by atoms with Gasteiger partial charge in [0.25, 0.3) is 0 Å². The molecule has 0 atom stereocenters. The quantitative estimate of drug-likeness (QED) is 0.488. The van der Waals surface area contributed by atoms with E-state index in [9.17, 15) is 0 Å². The minimum Gasteiger partial charge on any atom is -0.310 e. The molecule has 0 unspecified atom stereocenters. The van der Waals surface area contributed by atoms with Crippen LogP contribution < -0.4 is 5.43 Å². The van der Waals surface area contributed by atoms with Gasteiger partial charge < -0.3 is 5.43 Å². The highest BCUT2D eigenvalue weighted by atomic mass is 15.3. The van der Waals surface area contributed by atoms with Crippen LogP contribution in [0.2, 0.25) is 0 Å². The zero-order chi connectivity index (χ0) is 8.32. The van der Waals surface area contributed by atoms with Gasteiger partial charge in [-0.2, -0.15) is 5.10 Å². The summed E-state index contributed by atoms with van der Waals surface area (Å²) in [4.78, 5) is 0. The summed E-state index contributed by atoms with van der Waals surface area (Å²) in [5.41, 5.74) is 3.28. The molecule has 1 rings (SSSR count). The Morgan fingerprint density at radius 3 is 2.55 bits per heavy atom. The van der Waals surface area contributed by atoms with Crippen LogP contribution in [0.1, 0.15) is 33.6 Å². The van der Waals surface area contributed by atoms with E-state index in [-0.39, 0.29) is 5.41 Å². The fraction of sp³-hybridized carbons (Fsp3) is 0.889. The van der Waals surface area contributed by atoms with Gasteiger partial charge in [0.05, 0.1) is 0 Å². The van der Waals surface area contributed by atoms with Crippen molar-refractivity contribution in [1.29, 1.82) is 0 Å². The van der Waals surface area contributed by atoms with Crippen molar-refractivity contribution < 1.29 is 0 Å². The molecule has 1 N–H and O–H groups in total. The van der Waals surface area contributed by atoms with Crippen LogP contribution in [-0.2, 0) is 0 Å². The van der Waals surface area contributed by atoms with E-state index in [1.807, 2.05) is 6.21 Å². The Morgan fingerprint density at radius 1 is 1.45 bits per heavy atom. The highest BCUT2D eigenvalue weighted by Crippen LogP contribution is 2.27. The standard InChI is InChI=1S/C9H18N2/c1-9(2,3)7-11-10-6-8-4-5-8/h7-8,10H,4-6H2,1-3H3/b11-7+. The van der Waals surface area contributed by atoms with Crippen LogP contribution in [0.4, 0.5) is 0 Å². The molecule has 2 nitrogen and oxygen atoms in total. The van der Waals surface area contributed by atoms with E-state index >= 15 is 0 Å². The maximum absolute atomic E-state index is 4.15. The third-order valence-electron chi connectivity index (χ3n) is 1.62. The summed E-state index contributed by atoms with van der Waals surface area (Å²) in [6, 6.07) is 0. The molecule has 1 fully saturated rings. The van der Waals surface area contributed by atoms with Gasteiger partial charge in [-0.05, 0) is 24.2 Å². The van der Waals surface area contributed by atoms with Crippen molar-refractivity contribution in [3.63, 3.8) is 0 Å². The molecule has 1 aliphatic carbocycles. The van der Waals surface area contributed by atoms with E-state index in [2.05, 4.69) is 31.3 Å². The van der Waals surface area contributed by atoms with Crippen molar-refractivity contribution in [2.24, 2.45) is 16.4 Å². The average Bonchev–Trinajstić information content (AvgIpc) is 2.60. The number of nitrogens with zero attached hydrogens (tertiary/aromatic N) is 1. The van der Waals surface area contributed by atoms with Crippen molar-refractivity contribution >= 4 is 6.21 Å². The molecule has 64 valence electrons. The van der Waals surface area contributed by atoms with Crippen LogP contribution in [0.5, 0.6) is 0 Å². The normalized spacial score (nSPS) is 19.2. The van der Waals surface area contributed by atoms with Crippen molar-refractivity contribution in [3.8, 4) is 0 Å². The van der Waals surface area contributed by atoms with Crippen LogP contribution in [0.25, 0.3) is 0 Å². The topological polar surface area (TPSA) is 24.4 Å². The van der Waals surface area contributed by atoms with Crippen LogP contribution in [0.3, 0.4) is 0 Å². The molecule has 0 aliphatic heterocycles. The highest BCUT2D eigenvalue weighted by Gasteiger charge is 2.20. The summed E-state index contributed by atoms with van der Waals surface area (Å²) in [6.07, 6.45) is 4.74. The SMILES string of the molecule is CC(C)(C)/C=N/NCC1CC1. The Bertz CT molecular complexity index is 140. The minimum atomic E-state index is 0.205. The summed E-state index contributed by atoms with van der Waals surface area (Å²) >= 11 is 0. The third kappa shape index (κ3) is 4.82. The van der Waals surface area contributed by atoms with Gasteiger partial charge in [0, 0.05) is 12.8 Å². The predicted octanol–water partition coefficient (Wildman–Crippen LogP) is 2.02. The summed E-state index contributed by atoms with van der Waals surface area (Å²) in [5, 5.41) is 4.15. The number of rotatable bonds is 3. The molecule has 1 aliphatic rings. The van der Waals surface area contributed by atoms with Crippen molar-refractivity contribution in [3.05, 3.63) is 0 Å². The largest absolute Gasteiger partial charge is 0.310 e. The first-order chi connectivity index (χ1) is 5.08. The molecule has 0 aromatic carbocycles. The van der Waals surface area contributed by atoms with Gasteiger partial charge in [-0.25, -0.2) is 0 Å². The molecule has 0 heterocycles. The average molecular weight is 154 g/mol. The maximum Gasteiger partial charge on any atom is 0.0357 e. The molecule has 0 aromatic heterocycles. The summed E-state index contributed by atoms with van der Waals surface area (Å²) in [5.74, 6) is 0.909. The number of hydrazone groups is 1. The van der Waals surface area contributed by atoms with Gasteiger partial charge in [-0.15, -0.1) is 0 Å². The van der Waals surface area contributed by atoms with Gasteiger partial charge in [-0.3, -0.25) is 0 Å². The fourth-order valence-electron chi connectivity index (χ4n) is 0.743. The lowest BCUT2D eigenvalue weighted by Crippen LogP contribution is -2.14. The lowest BCUT2D eigenvalue weighted by molar-refractivity contribution is 0.590. The second kappa shape index (κ2) is 3.24. The lowest BCUT2D eigenvalue weighted by Gasteiger charge is -2.09. The second-order valence-electron chi connectivity index (χ2n) is 4.43. The Morgan fingerprint density at radius 2 is 2.09 bits per heavy atom. The summed E-state index contributed by atoms with van der Waals surface area (Å²) in [6.45, 7) is 7.51. The number of nitrogens with one attached hydrogen (secondary N) is 1. The van der Waals surface area contributed by atoms with Crippen LogP contribution >= 0.6 is 0 Å². The minimum absolute atomic E-state index is 0.205. The first-order valence-corrected chi connectivity index (χ1v) is 4.35. The number of hydrogen-bond donors (Lipinski definition) is 1. The Kier molecular flexibility index (Phi) is 2.53. The fourth-order valence-corrected chi connectivity index (χ4v) is 0.743. The number of hydrogen-bond acceptors (Lipinski definition) is 2. The summed E-state index contributed by atoms with van der Waals surface area (Å²) < 4.78 is 0. The van der Waals surface area contributed by atoms with E-state index in [1.54, 1.807) is 0 Å². The first-order valence-electron chi connectivity index (χ1n) is 4.35. The molecule has 1 saturated carbocycles. The van der Waals surface area contributed by atoms with Crippen molar-refractivity contribution in [2.45, 2.75) is 33.6 Å². The van der Waals surface area contributed by atoms with Crippen LogP contribution in [-0.4, -0.2) is 12.8 Å². The molecule has 2 heteroatoms. The van der Waals surface area contributed by atoms with Crippen molar-refractivity contribution in [2.75, 3.05) is 6.54 Å². The van der Waals surface area contributed by atoms with E-state index < -0.39 is 0 Å². The molecular weight excluding hydrogens is 136 g/mol. The molecule has 0 bridgehead atoms. The lowest BCUT2D eigenvalue weighted by atomic mass is 9.99. The maximum atomic E-state index is 4.15. The van der Waals surface area contributed by atoms with Gasteiger partial charge >= 0.3 is 0 Å². The molecule has 0 saturated heterocycles. The smallest absolute Gasteiger partial charge is 0.0357 e. The Balaban J connectivity index is 2.04. The second-order valence-corrected chi connectivity index (χ2v) is 4.43. The zero-order valence-electron chi connectivity index (χ0n) is 7.72. The van der Waals surface area contributed by atoms with E-state index in [0.29, 0.717) is 0 Å². The van der Waals surface area contributed by atoms with E-state index in [0.717, 1.165) is 12.5 Å². The molecule has 0 spiro atoms. The third-order valence-corrected chi connectivity index (χ3v) is 1.62. The van der Waals surface area contributed by atoms with Gasteiger partial charge in [0.2, 0.25) is 0 Å². The Labute approximate surface area is 69.1 Å². The van der Waals surface area contributed by atoms with Crippen LogP contribution in [0.15, 0.2) is 5.10 Å². The van der Waals surface area contributed by atoms with Crippen LogP contribution in [0, 0.1) is 11.3 Å². The first kappa shape index (κ1) is 8.57. The molecule has 11 heavy (non-hydrogen) atoms.